The van der Waals surface area contributed by atoms with Crippen LogP contribution >= 0.6 is 0 Å². The molecule has 0 aliphatic carbocycles. The summed E-state index contributed by atoms with van der Waals surface area (Å²) in [6, 6.07) is 0.777. The lowest BCUT2D eigenvalue weighted by atomic mass is 10.00. The third kappa shape index (κ3) is 5.96. The number of carbonyl (C=O) groups is 1. The molecule has 0 spiro atoms. The van der Waals surface area contributed by atoms with E-state index in [1.165, 1.54) is 6.42 Å². The van der Waals surface area contributed by atoms with Crippen molar-refractivity contribution < 1.29 is 14.3 Å². The monoisotopic (exact) mass is 326 g/mol. The van der Waals surface area contributed by atoms with Crippen LogP contribution in [0.4, 0.5) is 4.79 Å². The Morgan fingerprint density at radius 1 is 1.35 bits per heavy atom. The van der Waals surface area contributed by atoms with Crippen molar-refractivity contribution in [2.24, 2.45) is 0 Å². The van der Waals surface area contributed by atoms with Crippen LogP contribution in [0.5, 0.6) is 0 Å². The number of ether oxygens (including phenoxy) is 2. The third-order valence-corrected chi connectivity index (χ3v) is 4.63. The average molecular weight is 326 g/mol. The molecule has 5 heteroatoms. The van der Waals surface area contributed by atoms with Crippen LogP contribution in [-0.2, 0) is 9.47 Å². The third-order valence-electron chi connectivity index (χ3n) is 4.63. The molecule has 23 heavy (non-hydrogen) atoms. The summed E-state index contributed by atoms with van der Waals surface area (Å²) in [5.41, 5.74) is -0.425. The van der Waals surface area contributed by atoms with Crippen molar-refractivity contribution >= 4 is 6.09 Å². The van der Waals surface area contributed by atoms with E-state index in [-0.39, 0.29) is 12.1 Å². The van der Waals surface area contributed by atoms with Crippen molar-refractivity contribution in [2.75, 3.05) is 19.7 Å². The Balaban J connectivity index is 1.78. The second kappa shape index (κ2) is 8.34. The largest absolute Gasteiger partial charge is 0.444 e. The number of nitrogens with zero attached hydrogens (tertiary/aromatic N) is 1. The van der Waals surface area contributed by atoms with Crippen molar-refractivity contribution in [1.82, 2.24) is 10.2 Å². The summed E-state index contributed by atoms with van der Waals surface area (Å²) in [4.78, 5) is 14.2. The molecular formula is C18H34N2O3. The molecule has 0 saturated carbocycles. The van der Waals surface area contributed by atoms with Gasteiger partial charge in [-0.05, 0) is 52.9 Å². The van der Waals surface area contributed by atoms with Gasteiger partial charge in [0.05, 0.1) is 6.10 Å². The van der Waals surface area contributed by atoms with Crippen LogP contribution in [0.25, 0.3) is 0 Å². The Labute approximate surface area is 141 Å². The van der Waals surface area contributed by atoms with E-state index in [0.29, 0.717) is 12.1 Å². The molecule has 0 aromatic rings. The molecule has 2 aliphatic rings. The van der Waals surface area contributed by atoms with Crippen molar-refractivity contribution in [3.05, 3.63) is 0 Å². The topological polar surface area (TPSA) is 50.8 Å². The summed E-state index contributed by atoms with van der Waals surface area (Å²) in [5, 5.41) is 3.67. The molecule has 1 N–H and O–H groups in total. The highest BCUT2D eigenvalue weighted by Crippen LogP contribution is 2.22. The molecule has 0 aromatic carbocycles. The van der Waals surface area contributed by atoms with Gasteiger partial charge in [-0.2, -0.15) is 0 Å². The van der Waals surface area contributed by atoms with Crippen molar-refractivity contribution in [3.8, 4) is 0 Å². The average Bonchev–Trinajstić information content (AvgIpc) is 2.93. The minimum Gasteiger partial charge on any atom is -0.444 e. The standard InChI is InChI=1S/C18H34N2O3/c1-5-7-16-12-14(9-11-22-16)19-13-15-8-6-10-20(15)17(21)23-18(2,3)4/h14-16,19H,5-13H2,1-4H3. The van der Waals surface area contributed by atoms with Crippen LogP contribution in [0.3, 0.4) is 0 Å². The van der Waals surface area contributed by atoms with Crippen LogP contribution in [0.1, 0.15) is 66.2 Å². The molecule has 0 bridgehead atoms. The summed E-state index contributed by atoms with van der Waals surface area (Å²) in [5.74, 6) is 0. The van der Waals surface area contributed by atoms with Gasteiger partial charge in [-0.3, -0.25) is 0 Å². The lowest BCUT2D eigenvalue weighted by molar-refractivity contribution is -0.00497. The maximum atomic E-state index is 12.3. The van der Waals surface area contributed by atoms with Gasteiger partial charge in [0.25, 0.3) is 0 Å². The van der Waals surface area contributed by atoms with Gasteiger partial charge in [0, 0.05) is 31.8 Å². The number of nitrogens with one attached hydrogen (secondary N) is 1. The lowest BCUT2D eigenvalue weighted by Crippen LogP contribution is -2.47. The fourth-order valence-electron chi connectivity index (χ4n) is 3.50. The predicted molar refractivity (Wildman–Crippen MR) is 91.6 cm³/mol. The summed E-state index contributed by atoms with van der Waals surface area (Å²) in [6.45, 7) is 10.5. The van der Waals surface area contributed by atoms with Crippen LogP contribution < -0.4 is 5.32 Å². The summed E-state index contributed by atoms with van der Waals surface area (Å²) in [7, 11) is 0. The van der Waals surface area contributed by atoms with Crippen molar-refractivity contribution in [1.29, 1.82) is 0 Å². The quantitative estimate of drug-likeness (QED) is 0.842. The van der Waals surface area contributed by atoms with E-state index in [1.807, 2.05) is 25.7 Å². The minimum atomic E-state index is -0.425. The van der Waals surface area contributed by atoms with E-state index in [9.17, 15) is 4.79 Å². The Morgan fingerprint density at radius 2 is 2.13 bits per heavy atom. The molecule has 2 saturated heterocycles. The fraction of sp³-hybridized carbons (Fsp3) is 0.944. The second-order valence-electron chi connectivity index (χ2n) is 7.88. The van der Waals surface area contributed by atoms with Crippen LogP contribution in [0.15, 0.2) is 0 Å². The van der Waals surface area contributed by atoms with Gasteiger partial charge in [0.15, 0.2) is 0 Å². The summed E-state index contributed by atoms with van der Waals surface area (Å²) < 4.78 is 11.3. The molecule has 2 rings (SSSR count). The summed E-state index contributed by atoms with van der Waals surface area (Å²) >= 11 is 0. The highest BCUT2D eigenvalue weighted by molar-refractivity contribution is 5.69. The predicted octanol–water partition coefficient (Wildman–Crippen LogP) is 3.32. The summed E-state index contributed by atoms with van der Waals surface area (Å²) in [6.07, 6.45) is 6.84. The Morgan fingerprint density at radius 3 is 2.83 bits per heavy atom. The zero-order valence-electron chi connectivity index (χ0n) is 15.3. The normalized spacial score (nSPS) is 28.9. The first kappa shape index (κ1) is 18.5. The minimum absolute atomic E-state index is 0.169. The molecule has 0 aromatic heterocycles. The van der Waals surface area contributed by atoms with Gasteiger partial charge in [0.2, 0.25) is 0 Å². The van der Waals surface area contributed by atoms with Crippen LogP contribution in [0.2, 0.25) is 0 Å². The fourth-order valence-corrected chi connectivity index (χ4v) is 3.50. The van der Waals surface area contributed by atoms with Crippen molar-refractivity contribution in [3.63, 3.8) is 0 Å². The van der Waals surface area contributed by atoms with Crippen molar-refractivity contribution in [2.45, 2.75) is 90.0 Å². The van der Waals surface area contributed by atoms with Gasteiger partial charge in [-0.25, -0.2) is 4.79 Å². The molecule has 1 amide bonds. The molecule has 2 fully saturated rings. The first-order valence-electron chi connectivity index (χ1n) is 9.23. The van der Waals surface area contributed by atoms with Gasteiger partial charge >= 0.3 is 6.09 Å². The zero-order valence-corrected chi connectivity index (χ0v) is 15.3. The van der Waals surface area contributed by atoms with Gasteiger partial charge < -0.3 is 19.7 Å². The number of carbonyl (C=O) groups excluding carboxylic acids is 1. The maximum absolute atomic E-state index is 12.3. The van der Waals surface area contributed by atoms with E-state index in [4.69, 9.17) is 9.47 Å². The molecular weight excluding hydrogens is 292 g/mol. The van der Waals surface area contributed by atoms with E-state index in [2.05, 4.69) is 12.2 Å². The highest BCUT2D eigenvalue weighted by Gasteiger charge is 2.32. The van der Waals surface area contributed by atoms with E-state index < -0.39 is 5.60 Å². The molecule has 3 unspecified atom stereocenters. The number of rotatable bonds is 5. The first-order valence-corrected chi connectivity index (χ1v) is 9.23. The number of likely N-dealkylation sites (tertiary alicyclic amines) is 1. The van der Waals surface area contributed by atoms with E-state index >= 15 is 0 Å². The Hall–Kier alpha value is -0.810. The SMILES string of the molecule is CCCC1CC(NCC2CCCN2C(=O)OC(C)(C)C)CCO1. The zero-order chi connectivity index (χ0) is 16.9. The number of hydrogen-bond donors (Lipinski definition) is 1. The van der Waals surface area contributed by atoms with Gasteiger partial charge in [-0.1, -0.05) is 13.3 Å². The van der Waals surface area contributed by atoms with Gasteiger partial charge in [-0.15, -0.1) is 0 Å². The molecule has 134 valence electrons. The molecule has 2 heterocycles. The highest BCUT2D eigenvalue weighted by atomic mass is 16.6. The smallest absolute Gasteiger partial charge is 0.410 e. The molecule has 2 aliphatic heterocycles. The molecule has 0 radical (unpaired) electrons. The second-order valence-corrected chi connectivity index (χ2v) is 7.88. The Kier molecular flexibility index (Phi) is 6.72. The van der Waals surface area contributed by atoms with Gasteiger partial charge in [0.1, 0.15) is 5.60 Å². The van der Waals surface area contributed by atoms with E-state index in [0.717, 1.165) is 51.8 Å². The molecule has 3 atom stereocenters. The van der Waals surface area contributed by atoms with Crippen LogP contribution in [0, 0.1) is 0 Å². The van der Waals surface area contributed by atoms with E-state index in [1.54, 1.807) is 0 Å². The molecule has 5 nitrogen and oxygen atoms in total. The lowest BCUT2D eigenvalue weighted by Gasteiger charge is -2.33. The Bertz CT molecular complexity index is 379. The van der Waals surface area contributed by atoms with Crippen LogP contribution in [-0.4, -0.2) is 54.5 Å². The first-order chi connectivity index (χ1) is 10.9. The number of hydrogen-bond acceptors (Lipinski definition) is 4. The number of amides is 1. The maximum Gasteiger partial charge on any atom is 0.410 e.